The van der Waals surface area contributed by atoms with Crippen molar-refractivity contribution in [3.8, 4) is 0 Å². The predicted octanol–water partition coefficient (Wildman–Crippen LogP) is 3.86. The van der Waals surface area contributed by atoms with E-state index in [0.717, 1.165) is 32.2 Å². The summed E-state index contributed by atoms with van der Waals surface area (Å²) in [6, 6.07) is -0.267. The van der Waals surface area contributed by atoms with E-state index < -0.39 is 5.97 Å². The molecule has 0 aromatic heterocycles. The Morgan fingerprint density at radius 3 is 1.96 bits per heavy atom. The monoisotopic (exact) mass is 349 g/mol. The molecule has 0 aliphatic carbocycles. The zero-order valence-electron chi connectivity index (χ0n) is 14.9. The van der Waals surface area contributed by atoms with E-state index in [9.17, 15) is 9.59 Å². The second-order valence-corrected chi connectivity index (χ2v) is 6.73. The number of esters is 2. The minimum atomic E-state index is -0.393. The van der Waals surface area contributed by atoms with Crippen LogP contribution in [0.25, 0.3) is 0 Å². The molecule has 1 rings (SSSR count). The Morgan fingerprint density at radius 1 is 0.917 bits per heavy atom. The Labute approximate surface area is 170 Å². The van der Waals surface area contributed by atoms with Gasteiger partial charge in [0.05, 0.1) is 0 Å². The third kappa shape index (κ3) is 12.5. The van der Waals surface area contributed by atoms with Crippen molar-refractivity contribution in [3.05, 3.63) is 0 Å². The van der Waals surface area contributed by atoms with Crippen LogP contribution in [-0.2, 0) is 14.3 Å². The molecule has 24 heavy (non-hydrogen) atoms. The number of rotatable bonds is 13. The molecule has 1 heterocycles. The van der Waals surface area contributed by atoms with Crippen LogP contribution in [0, 0.1) is 0 Å². The van der Waals surface area contributed by atoms with Crippen molar-refractivity contribution in [1.82, 2.24) is 5.32 Å². The molecule has 1 N–H and O–H groups in total. The Hall–Kier alpha value is 0.1000. The van der Waals surface area contributed by atoms with Crippen LogP contribution >= 0.6 is 0 Å². The van der Waals surface area contributed by atoms with E-state index in [2.05, 4.69) is 12.2 Å². The summed E-state index contributed by atoms with van der Waals surface area (Å²) in [6.07, 6.45) is 15.9. The van der Waals surface area contributed by atoms with Gasteiger partial charge in [0.25, 0.3) is 0 Å². The molecule has 1 aliphatic rings. The topological polar surface area (TPSA) is 55.4 Å². The Bertz CT molecular complexity index is 331. The van der Waals surface area contributed by atoms with Gasteiger partial charge in [-0.05, 0) is 25.8 Å². The summed E-state index contributed by atoms with van der Waals surface area (Å²) in [5, 5.41) is 3.05. The van der Waals surface area contributed by atoms with Gasteiger partial charge in [-0.25, -0.2) is 4.79 Å². The first-order valence-corrected chi connectivity index (χ1v) is 9.72. The molecule has 0 saturated carbocycles. The van der Waals surface area contributed by atoms with E-state index in [1.165, 1.54) is 57.8 Å². The van der Waals surface area contributed by atoms with Crippen LogP contribution in [0.3, 0.4) is 0 Å². The van der Waals surface area contributed by atoms with E-state index in [0.29, 0.717) is 6.42 Å². The first kappa shape index (κ1) is 24.1. The summed E-state index contributed by atoms with van der Waals surface area (Å²) in [5.74, 6) is -0.754. The third-order valence-electron chi connectivity index (χ3n) is 4.54. The Kier molecular flexibility index (Phi) is 16.6. The number of carbonyl (C=O) groups excluding carboxylic acids is 2. The van der Waals surface area contributed by atoms with E-state index in [-0.39, 0.29) is 41.6 Å². The normalized spacial score (nSPS) is 16.6. The molecule has 0 amide bonds. The summed E-state index contributed by atoms with van der Waals surface area (Å²) >= 11 is 0. The SMILES string of the molecule is CCCCCCCCCCCCCC(=O)OC(=O)[C@H]1CCCN1.[NaH]. The van der Waals surface area contributed by atoms with Crippen molar-refractivity contribution in [2.45, 2.75) is 103 Å². The molecule has 1 aliphatic heterocycles. The summed E-state index contributed by atoms with van der Waals surface area (Å²) in [4.78, 5) is 23.3. The molecule has 0 bridgehead atoms. The van der Waals surface area contributed by atoms with E-state index in [1.54, 1.807) is 0 Å². The van der Waals surface area contributed by atoms with Crippen molar-refractivity contribution in [3.63, 3.8) is 0 Å². The number of hydrogen-bond donors (Lipinski definition) is 1. The van der Waals surface area contributed by atoms with Crippen LogP contribution in [-0.4, -0.2) is 54.1 Å². The molecule has 0 radical (unpaired) electrons. The molecular formula is C19H36NNaO3. The summed E-state index contributed by atoms with van der Waals surface area (Å²) < 4.78 is 4.89. The van der Waals surface area contributed by atoms with Crippen molar-refractivity contribution < 1.29 is 14.3 Å². The van der Waals surface area contributed by atoms with E-state index in [1.807, 2.05) is 0 Å². The maximum atomic E-state index is 11.7. The van der Waals surface area contributed by atoms with Gasteiger partial charge in [0.15, 0.2) is 0 Å². The molecular weight excluding hydrogens is 313 g/mol. The predicted molar refractivity (Wildman–Crippen MR) is 100 cm³/mol. The quantitative estimate of drug-likeness (QED) is 0.237. The van der Waals surface area contributed by atoms with Crippen LogP contribution in [0.2, 0.25) is 0 Å². The van der Waals surface area contributed by atoms with Gasteiger partial charge in [-0.2, -0.15) is 0 Å². The standard InChI is InChI=1S/C19H35NO3.Na.H/c1-2-3-4-5-6-7-8-9-10-11-12-15-18(21)23-19(22)17-14-13-16-20-17;;/h17,20H,2-16H2,1H3;;/t17-;;/m1../s1. The maximum absolute atomic E-state index is 11.7. The van der Waals surface area contributed by atoms with Gasteiger partial charge in [-0.3, -0.25) is 4.79 Å². The van der Waals surface area contributed by atoms with Crippen molar-refractivity contribution in [1.29, 1.82) is 0 Å². The van der Waals surface area contributed by atoms with Gasteiger partial charge in [-0.1, -0.05) is 71.1 Å². The third-order valence-corrected chi connectivity index (χ3v) is 4.54. The minimum absolute atomic E-state index is 0. The van der Waals surface area contributed by atoms with Crippen LogP contribution < -0.4 is 5.32 Å². The first-order chi connectivity index (χ1) is 11.2. The van der Waals surface area contributed by atoms with Crippen molar-refractivity contribution in [2.75, 3.05) is 6.54 Å². The van der Waals surface area contributed by atoms with E-state index >= 15 is 0 Å². The van der Waals surface area contributed by atoms with Crippen molar-refractivity contribution in [2.24, 2.45) is 0 Å². The molecule has 4 nitrogen and oxygen atoms in total. The average Bonchev–Trinajstić information content (AvgIpc) is 3.07. The number of ether oxygens (including phenoxy) is 1. The molecule has 1 fully saturated rings. The zero-order chi connectivity index (χ0) is 16.8. The molecule has 1 atom stereocenters. The number of unbranched alkanes of at least 4 members (excludes halogenated alkanes) is 10. The molecule has 0 aromatic carbocycles. The zero-order valence-corrected chi connectivity index (χ0v) is 14.9. The van der Waals surface area contributed by atoms with Gasteiger partial charge in [0.2, 0.25) is 0 Å². The fourth-order valence-electron chi connectivity index (χ4n) is 3.05. The van der Waals surface area contributed by atoms with Crippen molar-refractivity contribution >= 4 is 41.5 Å². The van der Waals surface area contributed by atoms with Gasteiger partial charge in [-0.15, -0.1) is 0 Å². The van der Waals surface area contributed by atoms with Gasteiger partial charge < -0.3 is 10.1 Å². The van der Waals surface area contributed by atoms with E-state index in [4.69, 9.17) is 4.74 Å². The number of carbonyl (C=O) groups is 2. The first-order valence-electron chi connectivity index (χ1n) is 9.72. The molecule has 0 spiro atoms. The number of nitrogens with one attached hydrogen (secondary N) is 1. The molecule has 1 saturated heterocycles. The molecule has 5 heteroatoms. The van der Waals surface area contributed by atoms with Gasteiger partial charge >= 0.3 is 41.5 Å². The second-order valence-electron chi connectivity index (χ2n) is 6.73. The number of hydrogen-bond acceptors (Lipinski definition) is 4. The van der Waals surface area contributed by atoms with Crippen LogP contribution in [0.1, 0.15) is 96.8 Å². The summed E-state index contributed by atoms with van der Waals surface area (Å²) in [6.45, 7) is 3.09. The summed E-state index contributed by atoms with van der Waals surface area (Å²) in [5.41, 5.74) is 0. The van der Waals surface area contributed by atoms with Crippen LogP contribution in [0.4, 0.5) is 0 Å². The fourth-order valence-corrected chi connectivity index (χ4v) is 3.05. The van der Waals surface area contributed by atoms with Crippen LogP contribution in [0.5, 0.6) is 0 Å². The molecule has 0 aromatic rings. The Balaban J connectivity index is 0.00000529. The fraction of sp³-hybridized carbons (Fsp3) is 0.895. The van der Waals surface area contributed by atoms with Gasteiger partial charge in [0.1, 0.15) is 6.04 Å². The second kappa shape index (κ2) is 16.6. The Morgan fingerprint density at radius 2 is 1.46 bits per heavy atom. The van der Waals surface area contributed by atoms with Crippen LogP contribution in [0.15, 0.2) is 0 Å². The molecule has 0 unspecified atom stereocenters. The molecule has 136 valence electrons. The van der Waals surface area contributed by atoms with Gasteiger partial charge in [0, 0.05) is 6.42 Å². The summed E-state index contributed by atoms with van der Waals surface area (Å²) in [7, 11) is 0. The average molecular weight is 349 g/mol.